The van der Waals surface area contributed by atoms with Crippen LogP contribution in [0.4, 0.5) is 0 Å². The Morgan fingerprint density at radius 2 is 1.93 bits per heavy atom. The molecular weight excluding hydrogens is 348 g/mol. The SMILES string of the molecule is COCC1=C(C)C(=O)C[C@@]2(C)C1=CC(=O)c1c2c(O)c2oc(C)cc2c1O. The van der Waals surface area contributed by atoms with Gasteiger partial charge in [0.25, 0.3) is 0 Å². The summed E-state index contributed by atoms with van der Waals surface area (Å²) in [6.07, 6.45) is 1.53. The van der Waals surface area contributed by atoms with E-state index in [1.165, 1.54) is 13.2 Å². The summed E-state index contributed by atoms with van der Waals surface area (Å²) in [5.74, 6) is -0.447. The van der Waals surface area contributed by atoms with Crippen LogP contribution in [0, 0.1) is 6.92 Å². The molecule has 6 heteroatoms. The van der Waals surface area contributed by atoms with Gasteiger partial charge in [0.15, 0.2) is 22.9 Å². The number of allylic oxidation sites excluding steroid dienone is 2. The van der Waals surface area contributed by atoms with Crippen LogP contribution in [0.1, 0.15) is 41.9 Å². The van der Waals surface area contributed by atoms with Crippen molar-refractivity contribution in [3.05, 3.63) is 45.7 Å². The molecule has 2 aliphatic rings. The van der Waals surface area contributed by atoms with Gasteiger partial charge in [-0.25, -0.2) is 0 Å². The van der Waals surface area contributed by atoms with E-state index < -0.39 is 11.2 Å². The predicted octanol–water partition coefficient (Wildman–Crippen LogP) is 3.47. The number of aryl methyl sites for hydroxylation is 1. The number of ketones is 2. The third kappa shape index (κ3) is 2.16. The monoisotopic (exact) mass is 368 g/mol. The molecule has 1 aromatic heterocycles. The molecule has 1 aromatic carbocycles. The second kappa shape index (κ2) is 5.57. The lowest BCUT2D eigenvalue weighted by atomic mass is 9.60. The molecule has 0 fully saturated rings. The number of carbonyl (C=O) groups is 2. The van der Waals surface area contributed by atoms with Gasteiger partial charge >= 0.3 is 0 Å². The molecule has 0 bridgehead atoms. The van der Waals surface area contributed by atoms with Crippen molar-refractivity contribution in [3.63, 3.8) is 0 Å². The van der Waals surface area contributed by atoms with Gasteiger partial charge in [-0.1, -0.05) is 6.92 Å². The number of hydrogen-bond donors (Lipinski definition) is 2. The summed E-state index contributed by atoms with van der Waals surface area (Å²) >= 11 is 0. The van der Waals surface area contributed by atoms with E-state index in [0.717, 1.165) is 0 Å². The number of benzene rings is 1. The number of aromatic hydroxyl groups is 2. The highest BCUT2D eigenvalue weighted by atomic mass is 16.5. The van der Waals surface area contributed by atoms with Crippen molar-refractivity contribution in [3.8, 4) is 11.5 Å². The van der Waals surface area contributed by atoms with Crippen LogP contribution in [0.15, 0.2) is 33.3 Å². The number of hydrogen-bond acceptors (Lipinski definition) is 6. The fourth-order valence-electron chi connectivity index (χ4n) is 4.38. The molecule has 0 aliphatic heterocycles. The molecule has 1 heterocycles. The number of ether oxygens (including phenoxy) is 1. The highest BCUT2D eigenvalue weighted by Crippen LogP contribution is 2.55. The smallest absolute Gasteiger partial charge is 0.190 e. The van der Waals surface area contributed by atoms with Gasteiger partial charge in [-0.2, -0.15) is 0 Å². The predicted molar refractivity (Wildman–Crippen MR) is 98.2 cm³/mol. The first-order valence-corrected chi connectivity index (χ1v) is 8.68. The number of Topliss-reactive ketones (excluding diaryl/α,β-unsaturated/α-hetero) is 1. The lowest BCUT2D eigenvalue weighted by Crippen LogP contribution is -2.39. The molecule has 6 nitrogen and oxygen atoms in total. The van der Waals surface area contributed by atoms with Crippen LogP contribution in [0.5, 0.6) is 11.5 Å². The Hall–Kier alpha value is -2.86. The highest BCUT2D eigenvalue weighted by molar-refractivity contribution is 6.16. The number of phenols is 2. The molecule has 0 radical (unpaired) electrons. The van der Waals surface area contributed by atoms with Crippen molar-refractivity contribution in [1.82, 2.24) is 0 Å². The normalized spacial score (nSPS) is 22.1. The molecule has 4 rings (SSSR count). The molecular formula is C21H20O6. The highest BCUT2D eigenvalue weighted by Gasteiger charge is 2.48. The Morgan fingerprint density at radius 1 is 1.22 bits per heavy atom. The quantitative estimate of drug-likeness (QED) is 0.788. The molecule has 0 saturated carbocycles. The lowest BCUT2D eigenvalue weighted by molar-refractivity contribution is -0.116. The number of phenolic OH excluding ortho intramolecular Hbond substituents is 2. The van der Waals surface area contributed by atoms with Crippen molar-refractivity contribution in [2.75, 3.05) is 13.7 Å². The zero-order valence-electron chi connectivity index (χ0n) is 15.6. The molecule has 0 amide bonds. The zero-order valence-corrected chi connectivity index (χ0v) is 15.6. The van der Waals surface area contributed by atoms with Crippen molar-refractivity contribution in [2.45, 2.75) is 32.6 Å². The molecule has 140 valence electrons. The Kier molecular flexibility index (Phi) is 3.62. The van der Waals surface area contributed by atoms with Crippen LogP contribution in [0.3, 0.4) is 0 Å². The maximum absolute atomic E-state index is 12.9. The summed E-state index contributed by atoms with van der Waals surface area (Å²) in [7, 11) is 1.52. The summed E-state index contributed by atoms with van der Waals surface area (Å²) in [5, 5.41) is 22.0. The summed E-state index contributed by atoms with van der Waals surface area (Å²) in [6.45, 7) is 5.38. The average Bonchev–Trinajstić information content (AvgIpc) is 3.00. The minimum Gasteiger partial charge on any atom is -0.506 e. The van der Waals surface area contributed by atoms with Gasteiger partial charge in [-0.15, -0.1) is 0 Å². The van der Waals surface area contributed by atoms with E-state index in [1.54, 1.807) is 26.8 Å². The van der Waals surface area contributed by atoms with Gasteiger partial charge in [0, 0.05) is 24.5 Å². The van der Waals surface area contributed by atoms with Crippen LogP contribution in [-0.2, 0) is 14.9 Å². The minimum absolute atomic E-state index is 0.0242. The van der Waals surface area contributed by atoms with Gasteiger partial charge in [-0.05, 0) is 42.7 Å². The molecule has 0 saturated heterocycles. The van der Waals surface area contributed by atoms with Gasteiger partial charge in [0.05, 0.1) is 17.6 Å². The Morgan fingerprint density at radius 3 is 2.59 bits per heavy atom. The summed E-state index contributed by atoms with van der Waals surface area (Å²) < 4.78 is 10.8. The third-order valence-electron chi connectivity index (χ3n) is 5.72. The van der Waals surface area contributed by atoms with Crippen LogP contribution < -0.4 is 0 Å². The molecule has 0 spiro atoms. The summed E-state index contributed by atoms with van der Waals surface area (Å²) in [5.41, 5.74) is 1.24. The first-order valence-electron chi connectivity index (χ1n) is 8.68. The third-order valence-corrected chi connectivity index (χ3v) is 5.72. The van der Waals surface area contributed by atoms with E-state index in [-0.39, 0.29) is 52.4 Å². The van der Waals surface area contributed by atoms with E-state index >= 15 is 0 Å². The first-order chi connectivity index (χ1) is 12.7. The van der Waals surface area contributed by atoms with Crippen LogP contribution in [-0.4, -0.2) is 35.5 Å². The maximum atomic E-state index is 12.9. The molecule has 0 unspecified atom stereocenters. The number of rotatable bonds is 2. The molecule has 2 aromatic rings. The second-order valence-corrected chi connectivity index (χ2v) is 7.44. The maximum Gasteiger partial charge on any atom is 0.190 e. The van der Waals surface area contributed by atoms with Gasteiger partial charge < -0.3 is 19.4 Å². The fourth-order valence-corrected chi connectivity index (χ4v) is 4.38. The van der Waals surface area contributed by atoms with Gasteiger partial charge in [-0.3, -0.25) is 9.59 Å². The Balaban J connectivity index is 2.11. The van der Waals surface area contributed by atoms with E-state index in [0.29, 0.717) is 22.5 Å². The largest absolute Gasteiger partial charge is 0.506 e. The average molecular weight is 368 g/mol. The fraction of sp³-hybridized carbons (Fsp3) is 0.333. The van der Waals surface area contributed by atoms with Crippen molar-refractivity contribution >= 4 is 22.5 Å². The van der Waals surface area contributed by atoms with Gasteiger partial charge in [0.1, 0.15) is 11.5 Å². The Bertz CT molecular complexity index is 1100. The zero-order chi connectivity index (χ0) is 19.7. The topological polar surface area (TPSA) is 97.0 Å². The van der Waals surface area contributed by atoms with Crippen LogP contribution >= 0.6 is 0 Å². The van der Waals surface area contributed by atoms with Crippen LogP contribution in [0.25, 0.3) is 11.0 Å². The van der Waals surface area contributed by atoms with Crippen molar-refractivity contribution < 1.29 is 29.0 Å². The summed E-state index contributed by atoms with van der Waals surface area (Å²) in [4.78, 5) is 25.6. The Labute approximate surface area is 155 Å². The molecule has 27 heavy (non-hydrogen) atoms. The lowest BCUT2D eigenvalue weighted by Gasteiger charge is -2.41. The molecule has 1 atom stereocenters. The van der Waals surface area contributed by atoms with Crippen molar-refractivity contribution in [2.24, 2.45) is 0 Å². The minimum atomic E-state index is -0.968. The van der Waals surface area contributed by atoms with E-state index in [2.05, 4.69) is 0 Å². The number of furan rings is 1. The molecule has 2 N–H and O–H groups in total. The molecule has 2 aliphatic carbocycles. The number of fused-ring (bicyclic) bond motifs is 4. The van der Waals surface area contributed by atoms with E-state index in [9.17, 15) is 19.8 Å². The van der Waals surface area contributed by atoms with Gasteiger partial charge in [0.2, 0.25) is 0 Å². The van der Waals surface area contributed by atoms with Crippen molar-refractivity contribution in [1.29, 1.82) is 0 Å². The standard InChI is InChI=1S/C21H20O6/c1-9-5-11-18(24)16-14(22)6-13-12(8-26-4)10(2)15(23)7-21(13,3)17(16)19(25)20(11)27-9/h5-6,24-25H,7-8H2,1-4H3/t21-/m0/s1. The first kappa shape index (κ1) is 17.5. The number of methoxy groups -OCH3 is 1. The van der Waals surface area contributed by atoms with E-state index in [1.807, 2.05) is 0 Å². The second-order valence-electron chi connectivity index (χ2n) is 7.44. The summed E-state index contributed by atoms with van der Waals surface area (Å²) in [6, 6.07) is 1.58. The van der Waals surface area contributed by atoms with Crippen LogP contribution in [0.2, 0.25) is 0 Å². The number of carbonyl (C=O) groups excluding carboxylic acids is 2. The van der Waals surface area contributed by atoms with E-state index in [4.69, 9.17) is 9.15 Å².